The van der Waals surface area contributed by atoms with Gasteiger partial charge >= 0.3 is 0 Å². The normalized spacial score (nSPS) is 38.9. The Kier molecular flexibility index (Phi) is 1.01. The predicted molar refractivity (Wildman–Crippen MR) is 39.1 cm³/mol. The molecule has 2 atom stereocenters. The van der Waals surface area contributed by atoms with E-state index < -0.39 is 0 Å². The Hall–Kier alpha value is -0.520. The Balaban J connectivity index is 2.24. The van der Waals surface area contributed by atoms with Gasteiger partial charge in [-0.15, -0.1) is 6.58 Å². The van der Waals surface area contributed by atoms with Crippen molar-refractivity contribution in [2.75, 3.05) is 0 Å². The van der Waals surface area contributed by atoms with E-state index in [1.165, 1.54) is 19.3 Å². The third kappa shape index (κ3) is 0.658. The highest BCUT2D eigenvalue weighted by Crippen LogP contribution is 2.43. The molecule has 2 aliphatic rings. The van der Waals surface area contributed by atoms with Gasteiger partial charge in [-0.05, 0) is 31.1 Å². The van der Waals surface area contributed by atoms with Crippen LogP contribution in [0.25, 0.3) is 0 Å². The molecule has 0 N–H and O–H groups in total. The van der Waals surface area contributed by atoms with Crippen molar-refractivity contribution in [3.8, 4) is 0 Å². The fourth-order valence-corrected chi connectivity index (χ4v) is 2.06. The van der Waals surface area contributed by atoms with E-state index >= 15 is 0 Å². The van der Waals surface area contributed by atoms with Gasteiger partial charge in [0.1, 0.15) is 0 Å². The van der Waals surface area contributed by atoms with Crippen LogP contribution in [0.5, 0.6) is 0 Å². The third-order valence-electron chi connectivity index (χ3n) is 2.61. The summed E-state index contributed by atoms with van der Waals surface area (Å²) in [6.07, 6.45) is 8.66. The second-order valence-electron chi connectivity index (χ2n) is 3.14. The molecule has 2 aliphatic carbocycles. The van der Waals surface area contributed by atoms with Crippen LogP contribution in [0, 0.1) is 11.8 Å². The second kappa shape index (κ2) is 1.73. The minimum atomic E-state index is 0.730. The first-order valence-corrected chi connectivity index (χ1v) is 3.72. The maximum Gasteiger partial charge on any atom is -0.00220 e. The van der Waals surface area contributed by atoms with Crippen molar-refractivity contribution >= 4 is 0 Å². The molecule has 0 nitrogen and oxygen atoms in total. The molecule has 0 saturated heterocycles. The van der Waals surface area contributed by atoms with Crippen LogP contribution in [0.2, 0.25) is 0 Å². The van der Waals surface area contributed by atoms with Crippen LogP contribution in [0.3, 0.4) is 0 Å². The summed E-state index contributed by atoms with van der Waals surface area (Å²) in [7, 11) is 0. The number of fused-ring (bicyclic) bond motifs is 2. The minimum Gasteiger partial charge on any atom is -0.102 e. The molecule has 2 rings (SSSR count). The highest BCUT2D eigenvalue weighted by molar-refractivity contribution is 5.22. The van der Waals surface area contributed by atoms with E-state index in [1.807, 2.05) is 0 Å². The molecule has 0 heteroatoms. The van der Waals surface area contributed by atoms with Crippen molar-refractivity contribution < 1.29 is 0 Å². The van der Waals surface area contributed by atoms with Crippen LogP contribution >= 0.6 is 0 Å². The zero-order valence-electron chi connectivity index (χ0n) is 5.64. The molecular formula is C9H12. The van der Waals surface area contributed by atoms with Crippen LogP contribution in [-0.2, 0) is 0 Å². The molecule has 9 heavy (non-hydrogen) atoms. The Morgan fingerprint density at radius 3 is 2.89 bits per heavy atom. The van der Waals surface area contributed by atoms with Crippen LogP contribution in [-0.4, -0.2) is 0 Å². The van der Waals surface area contributed by atoms with Gasteiger partial charge in [0.05, 0.1) is 0 Å². The van der Waals surface area contributed by atoms with Gasteiger partial charge in [-0.25, -0.2) is 0 Å². The molecule has 0 aromatic carbocycles. The molecule has 0 aromatic heterocycles. The third-order valence-corrected chi connectivity index (χ3v) is 2.61. The van der Waals surface area contributed by atoms with E-state index in [9.17, 15) is 0 Å². The lowest BCUT2D eigenvalue weighted by Crippen LogP contribution is -2.02. The Bertz CT molecular complexity index is 165. The average molecular weight is 120 g/mol. The van der Waals surface area contributed by atoms with Gasteiger partial charge in [-0.1, -0.05) is 17.7 Å². The number of hydrogen-bond donors (Lipinski definition) is 0. The zero-order chi connectivity index (χ0) is 6.27. The molecule has 1 fully saturated rings. The van der Waals surface area contributed by atoms with Gasteiger partial charge in [-0.2, -0.15) is 0 Å². The summed E-state index contributed by atoms with van der Waals surface area (Å²) in [5.74, 6) is 1.67. The maximum absolute atomic E-state index is 3.82. The lowest BCUT2D eigenvalue weighted by Gasteiger charge is -2.11. The standard InChI is InChI=1S/C9H12/c1-2-8-5-7-3-4-9(8)6-7/h2,5,8-9H,1,3-4,6H2. The van der Waals surface area contributed by atoms with Crippen molar-refractivity contribution in [2.24, 2.45) is 11.8 Å². The zero-order valence-corrected chi connectivity index (χ0v) is 5.64. The van der Waals surface area contributed by atoms with Crippen molar-refractivity contribution in [3.63, 3.8) is 0 Å². The number of hydrogen-bond acceptors (Lipinski definition) is 0. The van der Waals surface area contributed by atoms with Crippen LogP contribution in [0.1, 0.15) is 19.3 Å². The van der Waals surface area contributed by atoms with Gasteiger partial charge in [-0.3, -0.25) is 0 Å². The first-order chi connectivity index (χ1) is 4.40. The van der Waals surface area contributed by atoms with E-state index in [1.54, 1.807) is 5.57 Å². The maximum atomic E-state index is 3.82. The number of rotatable bonds is 1. The number of allylic oxidation sites excluding steroid dienone is 3. The Morgan fingerprint density at radius 2 is 2.56 bits per heavy atom. The molecular weight excluding hydrogens is 108 g/mol. The van der Waals surface area contributed by atoms with Gasteiger partial charge < -0.3 is 0 Å². The Labute approximate surface area is 56.3 Å². The second-order valence-corrected chi connectivity index (χ2v) is 3.14. The van der Waals surface area contributed by atoms with E-state index in [4.69, 9.17) is 0 Å². The lowest BCUT2D eigenvalue weighted by molar-refractivity contribution is 0.489. The van der Waals surface area contributed by atoms with Crippen LogP contribution in [0.4, 0.5) is 0 Å². The summed E-state index contributed by atoms with van der Waals surface area (Å²) in [5.41, 5.74) is 1.69. The first-order valence-electron chi connectivity index (χ1n) is 3.72. The van der Waals surface area contributed by atoms with Crippen molar-refractivity contribution in [3.05, 3.63) is 24.3 Å². The van der Waals surface area contributed by atoms with E-state index in [0.717, 1.165) is 11.8 Å². The summed E-state index contributed by atoms with van der Waals surface area (Å²) in [4.78, 5) is 0. The molecule has 0 aromatic rings. The van der Waals surface area contributed by atoms with Gasteiger partial charge in [0.2, 0.25) is 0 Å². The van der Waals surface area contributed by atoms with Gasteiger partial charge in [0, 0.05) is 0 Å². The molecule has 2 unspecified atom stereocenters. The smallest absolute Gasteiger partial charge is 0.00220 e. The minimum absolute atomic E-state index is 0.730. The van der Waals surface area contributed by atoms with Gasteiger partial charge in [0.25, 0.3) is 0 Å². The topological polar surface area (TPSA) is 0 Å². The average Bonchev–Trinajstić information content (AvgIpc) is 2.45. The predicted octanol–water partition coefficient (Wildman–Crippen LogP) is 2.53. The molecule has 2 bridgehead atoms. The molecule has 0 amide bonds. The lowest BCUT2D eigenvalue weighted by atomic mass is 9.93. The van der Waals surface area contributed by atoms with Crippen molar-refractivity contribution in [2.45, 2.75) is 19.3 Å². The first kappa shape index (κ1) is 5.28. The largest absolute Gasteiger partial charge is 0.102 e. The summed E-state index contributed by atoms with van der Waals surface area (Å²) in [5, 5.41) is 0. The van der Waals surface area contributed by atoms with Crippen LogP contribution in [0.15, 0.2) is 24.3 Å². The highest BCUT2D eigenvalue weighted by atomic mass is 14.3. The highest BCUT2D eigenvalue weighted by Gasteiger charge is 2.30. The SMILES string of the molecule is C=CC1C=C2CCC1C2. The summed E-state index contributed by atoms with van der Waals surface area (Å²) in [6.45, 7) is 3.82. The Morgan fingerprint density at radius 1 is 1.67 bits per heavy atom. The molecule has 0 aliphatic heterocycles. The molecule has 1 saturated carbocycles. The molecule has 0 heterocycles. The fraction of sp³-hybridized carbons (Fsp3) is 0.556. The molecule has 0 spiro atoms. The van der Waals surface area contributed by atoms with Gasteiger partial charge in [0.15, 0.2) is 0 Å². The van der Waals surface area contributed by atoms with Crippen molar-refractivity contribution in [1.29, 1.82) is 0 Å². The fourth-order valence-electron chi connectivity index (χ4n) is 2.06. The van der Waals surface area contributed by atoms with E-state index in [2.05, 4.69) is 18.7 Å². The quantitative estimate of drug-likeness (QED) is 0.466. The summed E-state index contributed by atoms with van der Waals surface area (Å²) >= 11 is 0. The summed E-state index contributed by atoms with van der Waals surface area (Å²) in [6, 6.07) is 0. The summed E-state index contributed by atoms with van der Waals surface area (Å²) < 4.78 is 0. The molecule has 48 valence electrons. The van der Waals surface area contributed by atoms with E-state index in [0.29, 0.717) is 0 Å². The van der Waals surface area contributed by atoms with E-state index in [-0.39, 0.29) is 0 Å². The van der Waals surface area contributed by atoms with Crippen LogP contribution < -0.4 is 0 Å². The molecule has 0 radical (unpaired) electrons. The monoisotopic (exact) mass is 120 g/mol. The van der Waals surface area contributed by atoms with Crippen molar-refractivity contribution in [1.82, 2.24) is 0 Å².